The molecule has 2 aromatic rings. The zero-order chi connectivity index (χ0) is 28.9. The van der Waals surface area contributed by atoms with Crippen molar-refractivity contribution in [1.29, 1.82) is 0 Å². The van der Waals surface area contributed by atoms with Crippen molar-refractivity contribution in [3.05, 3.63) is 72.8 Å². The van der Waals surface area contributed by atoms with Crippen LogP contribution in [0.3, 0.4) is 0 Å². The smallest absolute Gasteiger partial charge is 0.330 e. The van der Waals surface area contributed by atoms with E-state index in [9.17, 15) is 4.79 Å². The van der Waals surface area contributed by atoms with Crippen LogP contribution < -0.4 is 10.4 Å². The summed E-state index contributed by atoms with van der Waals surface area (Å²) < 4.78 is 19.0. The van der Waals surface area contributed by atoms with Crippen molar-refractivity contribution in [2.45, 2.75) is 97.0 Å². The second kappa shape index (κ2) is 15.7. The van der Waals surface area contributed by atoms with E-state index in [-0.39, 0.29) is 17.1 Å². The summed E-state index contributed by atoms with van der Waals surface area (Å²) in [5.74, 6) is 0.0323. The maximum atomic E-state index is 11.6. The van der Waals surface area contributed by atoms with Crippen molar-refractivity contribution in [2.75, 3.05) is 13.7 Å². The van der Waals surface area contributed by atoms with Crippen LogP contribution in [0.25, 0.3) is 0 Å². The number of carbonyl (C=O) groups is 1. The van der Waals surface area contributed by atoms with Crippen molar-refractivity contribution < 1.29 is 18.4 Å². The van der Waals surface area contributed by atoms with E-state index in [1.807, 2.05) is 6.08 Å². The second-order valence-electron chi connectivity index (χ2n) is 11.7. The molecule has 0 amide bonds. The van der Waals surface area contributed by atoms with Crippen LogP contribution in [0.1, 0.15) is 67.7 Å². The lowest BCUT2D eigenvalue weighted by molar-refractivity contribution is -0.134. The largest absolute Gasteiger partial charge is 0.466 e. The Hall–Kier alpha value is -2.00. The fraction of sp³-hybridized carbons (Fsp3) is 0.545. The highest BCUT2D eigenvalue weighted by Gasteiger charge is 2.50. The quantitative estimate of drug-likeness (QED) is 0.120. The Morgan fingerprint density at radius 1 is 0.872 bits per heavy atom. The summed E-state index contributed by atoms with van der Waals surface area (Å²) >= 11 is 0. The molecular weight excluding hydrogens is 517 g/mol. The van der Waals surface area contributed by atoms with Gasteiger partial charge in [0.15, 0.2) is 8.32 Å². The molecule has 39 heavy (non-hydrogen) atoms. The molecule has 216 valence electrons. The summed E-state index contributed by atoms with van der Waals surface area (Å²) in [6.45, 7) is 16.8. The van der Waals surface area contributed by atoms with Crippen LogP contribution in [0.15, 0.2) is 72.8 Å². The normalized spacial score (nSPS) is 14.4. The highest BCUT2D eigenvalue weighted by atomic mass is 28.4. The second-order valence-corrected chi connectivity index (χ2v) is 20.7. The third-order valence-corrected chi connectivity index (χ3v) is 18.1. The van der Waals surface area contributed by atoms with E-state index < -0.39 is 16.6 Å². The first-order chi connectivity index (χ1) is 18.6. The molecule has 0 saturated carbocycles. The van der Waals surface area contributed by atoms with Crippen molar-refractivity contribution >= 4 is 33.0 Å². The van der Waals surface area contributed by atoms with Crippen LogP contribution in [0, 0.1) is 5.92 Å². The summed E-state index contributed by atoms with van der Waals surface area (Å²) in [6, 6.07) is 25.1. The van der Waals surface area contributed by atoms with Crippen LogP contribution in [-0.4, -0.2) is 42.4 Å². The molecule has 0 saturated heterocycles. The fourth-order valence-corrected chi connectivity index (χ4v) is 13.2. The number of ether oxygens (including phenoxy) is 1. The molecule has 0 N–H and O–H groups in total. The molecule has 1 unspecified atom stereocenters. The third-order valence-electron chi connectivity index (χ3n) is 8.35. The number of benzene rings is 2. The van der Waals surface area contributed by atoms with Gasteiger partial charge >= 0.3 is 5.97 Å². The maximum Gasteiger partial charge on any atom is 0.330 e. The monoisotopic (exact) mass is 568 g/mol. The van der Waals surface area contributed by atoms with Gasteiger partial charge in [-0.1, -0.05) is 115 Å². The van der Waals surface area contributed by atoms with Crippen LogP contribution >= 0.6 is 0 Å². The number of methoxy groups -OCH3 is 1. The van der Waals surface area contributed by atoms with Crippen LogP contribution in [0.4, 0.5) is 0 Å². The molecule has 2 atom stereocenters. The van der Waals surface area contributed by atoms with Crippen LogP contribution in [0.5, 0.6) is 0 Å². The lowest BCUT2D eigenvalue weighted by atomic mass is 9.97. The minimum atomic E-state index is -2.56. The van der Waals surface area contributed by atoms with Gasteiger partial charge in [-0.15, -0.1) is 0 Å². The predicted octanol–water partition coefficient (Wildman–Crippen LogP) is 7.49. The molecule has 0 aromatic heterocycles. The van der Waals surface area contributed by atoms with Crippen molar-refractivity contribution in [2.24, 2.45) is 5.92 Å². The fourth-order valence-electron chi connectivity index (χ4n) is 5.63. The number of allylic oxidation sites excluding steroid dienone is 1. The minimum absolute atomic E-state index is 0.0395. The summed E-state index contributed by atoms with van der Waals surface area (Å²) in [6.07, 6.45) is 6.20. The standard InChI is InChI=1S/C33H52O4Si2/c1-9-38(10-2,11-3)37-31(24-18-19-25-32(34)35-8)28(4)26-27-36-39(33(5,6)7,29-20-14-12-15-21-29)30-22-16-13-17-23-30/h12-17,19-23,25,28,31H,9-11,18,24,26-27H2,1-8H3/b25-19+/t28-,31?/m1/s1. The van der Waals surface area contributed by atoms with E-state index in [0.717, 1.165) is 37.4 Å². The first kappa shape index (κ1) is 33.2. The van der Waals surface area contributed by atoms with E-state index in [4.69, 9.17) is 13.6 Å². The van der Waals surface area contributed by atoms with E-state index in [1.165, 1.54) is 23.6 Å². The van der Waals surface area contributed by atoms with E-state index in [0.29, 0.717) is 12.5 Å². The third kappa shape index (κ3) is 8.74. The highest BCUT2D eigenvalue weighted by molar-refractivity contribution is 6.99. The summed E-state index contributed by atoms with van der Waals surface area (Å²) in [4.78, 5) is 11.6. The number of esters is 1. The zero-order valence-corrected chi connectivity index (χ0v) is 27.7. The van der Waals surface area contributed by atoms with Crippen molar-refractivity contribution in [3.8, 4) is 0 Å². The van der Waals surface area contributed by atoms with Crippen molar-refractivity contribution in [3.63, 3.8) is 0 Å². The van der Waals surface area contributed by atoms with Gasteiger partial charge in [-0.3, -0.25) is 0 Å². The summed E-state index contributed by atoms with van der Waals surface area (Å²) in [5.41, 5.74) is 0. The number of hydrogen-bond donors (Lipinski definition) is 0. The average molecular weight is 569 g/mol. The molecule has 0 bridgehead atoms. The van der Waals surface area contributed by atoms with E-state index >= 15 is 0 Å². The lowest BCUT2D eigenvalue weighted by Gasteiger charge is -2.43. The predicted molar refractivity (Wildman–Crippen MR) is 170 cm³/mol. The van der Waals surface area contributed by atoms with Gasteiger partial charge in [-0.25, -0.2) is 4.79 Å². The molecule has 0 aliphatic heterocycles. The number of carbonyl (C=O) groups excluding carboxylic acids is 1. The highest BCUT2D eigenvalue weighted by Crippen LogP contribution is 2.37. The Kier molecular flexibility index (Phi) is 13.4. The number of rotatable bonds is 16. The molecule has 4 nitrogen and oxygen atoms in total. The van der Waals surface area contributed by atoms with Gasteiger partial charge in [0, 0.05) is 18.8 Å². The Morgan fingerprint density at radius 2 is 1.38 bits per heavy atom. The average Bonchev–Trinajstić information content (AvgIpc) is 2.95. The van der Waals surface area contributed by atoms with Gasteiger partial charge in [0.05, 0.1) is 7.11 Å². The molecule has 6 heteroatoms. The minimum Gasteiger partial charge on any atom is -0.466 e. The maximum absolute atomic E-state index is 11.6. The molecule has 2 aromatic carbocycles. The van der Waals surface area contributed by atoms with Gasteiger partial charge in [0.1, 0.15) is 0 Å². The van der Waals surface area contributed by atoms with Gasteiger partial charge in [-0.05, 0) is 58.7 Å². The molecule has 2 rings (SSSR count). The SMILES string of the molecule is CC[Si](CC)(CC)OC(CC/C=C/C(=O)OC)[C@H](C)CCO[Si](c1ccccc1)(c1ccccc1)C(C)(C)C. The van der Waals surface area contributed by atoms with Gasteiger partial charge in [0.25, 0.3) is 8.32 Å². The van der Waals surface area contributed by atoms with Gasteiger partial charge in [-0.2, -0.15) is 0 Å². The zero-order valence-electron chi connectivity index (χ0n) is 25.7. The Balaban J connectivity index is 2.30. The van der Waals surface area contributed by atoms with E-state index in [1.54, 1.807) is 0 Å². The Labute approximate surface area is 240 Å². The molecule has 0 radical (unpaired) electrons. The topological polar surface area (TPSA) is 44.8 Å². The summed E-state index contributed by atoms with van der Waals surface area (Å²) in [5, 5.41) is 2.58. The summed E-state index contributed by atoms with van der Waals surface area (Å²) in [7, 11) is -2.94. The Bertz CT molecular complexity index is 950. The molecule has 0 spiro atoms. The van der Waals surface area contributed by atoms with Crippen LogP contribution in [-0.2, 0) is 18.4 Å². The van der Waals surface area contributed by atoms with Gasteiger partial charge in [0.2, 0.25) is 0 Å². The Morgan fingerprint density at radius 3 is 1.82 bits per heavy atom. The van der Waals surface area contributed by atoms with Gasteiger partial charge < -0.3 is 13.6 Å². The molecular formula is C33H52O4Si2. The first-order valence-electron chi connectivity index (χ1n) is 14.8. The number of hydrogen-bond acceptors (Lipinski definition) is 4. The van der Waals surface area contributed by atoms with Crippen molar-refractivity contribution in [1.82, 2.24) is 0 Å². The molecule has 0 heterocycles. The first-order valence-corrected chi connectivity index (χ1v) is 19.2. The van der Waals surface area contributed by atoms with E-state index in [2.05, 4.69) is 109 Å². The van der Waals surface area contributed by atoms with Crippen LogP contribution in [0.2, 0.25) is 23.2 Å². The lowest BCUT2D eigenvalue weighted by Crippen LogP contribution is -2.66. The molecule has 0 aliphatic carbocycles. The molecule has 0 aliphatic rings. The molecule has 0 fully saturated rings.